The van der Waals surface area contributed by atoms with Crippen molar-refractivity contribution in [3.63, 3.8) is 0 Å². The molecule has 1 amide bonds. The molecule has 1 saturated heterocycles. The van der Waals surface area contributed by atoms with Gasteiger partial charge in [0, 0.05) is 48.0 Å². The minimum Gasteiger partial charge on any atom is -0.373 e. The maximum atomic E-state index is 13.4. The van der Waals surface area contributed by atoms with E-state index in [1.165, 1.54) is 0 Å². The Balaban J connectivity index is 1.56. The molecule has 0 radical (unpaired) electrons. The molecule has 0 unspecified atom stereocenters. The minimum atomic E-state index is -0.0861. The second-order valence-electron chi connectivity index (χ2n) is 7.71. The van der Waals surface area contributed by atoms with E-state index < -0.39 is 0 Å². The first-order chi connectivity index (χ1) is 14.6. The van der Waals surface area contributed by atoms with Crippen LogP contribution in [0, 0.1) is 0 Å². The van der Waals surface area contributed by atoms with Crippen molar-refractivity contribution in [2.45, 2.75) is 0 Å². The van der Waals surface area contributed by atoms with Crippen LogP contribution in [0.4, 0.5) is 5.69 Å². The maximum absolute atomic E-state index is 13.4. The molecular formula is C23H22BrN5O. The number of carbonyl (C=O) groups excluding carboxylic acids is 1. The zero-order valence-electron chi connectivity index (χ0n) is 16.8. The predicted molar refractivity (Wildman–Crippen MR) is 123 cm³/mol. The van der Waals surface area contributed by atoms with Gasteiger partial charge in [0.1, 0.15) is 11.5 Å². The van der Waals surface area contributed by atoms with Gasteiger partial charge in [-0.2, -0.15) is 0 Å². The molecule has 0 aliphatic carbocycles. The summed E-state index contributed by atoms with van der Waals surface area (Å²) >= 11 is 3.58. The standard InChI is InChI=1S/C23H22BrN5O/c1-27-9-11-28(12-10-27)15-19-23(30)29-20-8-7-17(24)13-18(20)22(25-14-21(29)26-19)16-5-3-2-4-6-16/h2-8,13,15H,9-12,14H2,1H3. The van der Waals surface area contributed by atoms with Crippen LogP contribution in [0.5, 0.6) is 0 Å². The highest BCUT2D eigenvalue weighted by Crippen LogP contribution is 2.33. The zero-order chi connectivity index (χ0) is 20.7. The average Bonchev–Trinajstić information content (AvgIpc) is 2.96. The molecular weight excluding hydrogens is 442 g/mol. The fraction of sp³-hybridized carbons (Fsp3) is 0.261. The lowest BCUT2D eigenvalue weighted by atomic mass is 10.0. The lowest BCUT2D eigenvalue weighted by molar-refractivity contribution is -0.114. The monoisotopic (exact) mass is 463 g/mol. The number of fused-ring (bicyclic) bond motifs is 3. The molecule has 6 nitrogen and oxygen atoms in total. The Kier molecular flexibility index (Phi) is 5.00. The number of amides is 1. The number of halogens is 1. The molecule has 0 bridgehead atoms. The summed E-state index contributed by atoms with van der Waals surface area (Å²) in [6, 6.07) is 16.0. The minimum absolute atomic E-state index is 0.0861. The SMILES string of the molecule is CN1CCN(C=C2N=C3CN=C(c4ccccc4)c4cc(Br)ccc4N3C2=O)CC1. The number of rotatable bonds is 2. The molecule has 3 heterocycles. The fourth-order valence-corrected chi connectivity index (χ4v) is 4.36. The molecule has 3 aliphatic rings. The number of hydrogen-bond donors (Lipinski definition) is 0. The predicted octanol–water partition coefficient (Wildman–Crippen LogP) is 3.13. The molecule has 3 aliphatic heterocycles. The number of nitrogens with zero attached hydrogens (tertiary/aromatic N) is 5. The molecule has 0 saturated carbocycles. The van der Waals surface area contributed by atoms with Gasteiger partial charge in [-0.1, -0.05) is 46.3 Å². The summed E-state index contributed by atoms with van der Waals surface area (Å²) in [7, 11) is 2.12. The summed E-state index contributed by atoms with van der Waals surface area (Å²) in [5.74, 6) is 0.590. The van der Waals surface area contributed by atoms with Crippen LogP contribution < -0.4 is 4.90 Å². The fourth-order valence-electron chi connectivity index (χ4n) is 4.00. The van der Waals surface area contributed by atoms with Crippen LogP contribution in [-0.4, -0.2) is 67.0 Å². The molecule has 7 heteroatoms. The van der Waals surface area contributed by atoms with E-state index in [9.17, 15) is 4.79 Å². The molecule has 1 fully saturated rings. The first-order valence-corrected chi connectivity index (χ1v) is 10.9. The number of hydrogen-bond acceptors (Lipinski definition) is 5. The van der Waals surface area contributed by atoms with Crippen LogP contribution in [0.3, 0.4) is 0 Å². The Morgan fingerprint density at radius 2 is 1.80 bits per heavy atom. The molecule has 2 aromatic rings. The van der Waals surface area contributed by atoms with Crippen molar-refractivity contribution in [3.05, 3.63) is 76.0 Å². The van der Waals surface area contributed by atoms with Crippen molar-refractivity contribution in [1.82, 2.24) is 9.80 Å². The summed E-state index contributed by atoms with van der Waals surface area (Å²) in [6.45, 7) is 4.14. The summed E-state index contributed by atoms with van der Waals surface area (Å²) < 4.78 is 0.949. The second kappa shape index (κ2) is 7.81. The number of anilines is 1. The van der Waals surface area contributed by atoms with Crippen LogP contribution >= 0.6 is 15.9 Å². The first kappa shape index (κ1) is 19.2. The van der Waals surface area contributed by atoms with Gasteiger partial charge in [-0.25, -0.2) is 4.99 Å². The smallest absolute Gasteiger partial charge is 0.284 e. The van der Waals surface area contributed by atoms with E-state index in [-0.39, 0.29) is 5.91 Å². The van der Waals surface area contributed by atoms with Crippen molar-refractivity contribution in [3.8, 4) is 0 Å². The maximum Gasteiger partial charge on any atom is 0.284 e. The number of amidine groups is 1. The van der Waals surface area contributed by atoms with E-state index >= 15 is 0 Å². The van der Waals surface area contributed by atoms with Crippen LogP contribution in [0.1, 0.15) is 11.1 Å². The third-order valence-electron chi connectivity index (χ3n) is 5.65. The largest absolute Gasteiger partial charge is 0.373 e. The van der Waals surface area contributed by atoms with Gasteiger partial charge in [0.05, 0.1) is 17.9 Å². The Morgan fingerprint density at radius 3 is 2.57 bits per heavy atom. The van der Waals surface area contributed by atoms with Crippen molar-refractivity contribution in [1.29, 1.82) is 0 Å². The van der Waals surface area contributed by atoms with E-state index in [1.54, 1.807) is 4.90 Å². The summed E-state index contributed by atoms with van der Waals surface area (Å²) in [6.07, 6.45) is 1.91. The summed E-state index contributed by atoms with van der Waals surface area (Å²) in [5, 5.41) is 0. The van der Waals surface area contributed by atoms with E-state index in [0.29, 0.717) is 18.1 Å². The molecule has 0 aromatic heterocycles. The third-order valence-corrected chi connectivity index (χ3v) is 6.15. The third kappa shape index (κ3) is 3.48. The van der Waals surface area contributed by atoms with Gasteiger partial charge < -0.3 is 9.80 Å². The van der Waals surface area contributed by atoms with Gasteiger partial charge >= 0.3 is 0 Å². The Morgan fingerprint density at radius 1 is 1.03 bits per heavy atom. The quantitative estimate of drug-likeness (QED) is 0.642. The van der Waals surface area contributed by atoms with Crippen molar-refractivity contribution in [2.75, 3.05) is 44.7 Å². The Labute approximate surface area is 184 Å². The van der Waals surface area contributed by atoms with Crippen LogP contribution in [0.25, 0.3) is 0 Å². The lowest BCUT2D eigenvalue weighted by Crippen LogP contribution is -2.42. The lowest BCUT2D eigenvalue weighted by Gasteiger charge is -2.31. The van der Waals surface area contributed by atoms with Gasteiger partial charge in [0.25, 0.3) is 5.91 Å². The number of aliphatic imine (C=N–C) groups is 2. The number of carbonyl (C=O) groups is 1. The number of likely N-dealkylation sites (N-methyl/N-ethyl adjacent to an activating group) is 1. The molecule has 5 rings (SSSR count). The number of benzene rings is 2. The van der Waals surface area contributed by atoms with Crippen LogP contribution in [0.15, 0.2) is 74.9 Å². The molecule has 0 N–H and O–H groups in total. The van der Waals surface area contributed by atoms with E-state index in [4.69, 9.17) is 9.98 Å². The topological polar surface area (TPSA) is 51.5 Å². The highest BCUT2D eigenvalue weighted by molar-refractivity contribution is 9.10. The summed E-state index contributed by atoms with van der Waals surface area (Å²) in [4.78, 5) is 29.1. The summed E-state index contributed by atoms with van der Waals surface area (Å²) in [5.41, 5.74) is 4.14. The Bertz CT molecular complexity index is 1080. The van der Waals surface area contributed by atoms with Gasteiger partial charge in [-0.3, -0.25) is 14.7 Å². The van der Waals surface area contributed by atoms with E-state index in [0.717, 1.165) is 53.2 Å². The van der Waals surface area contributed by atoms with Crippen molar-refractivity contribution < 1.29 is 4.79 Å². The molecule has 0 spiro atoms. The highest BCUT2D eigenvalue weighted by Gasteiger charge is 2.36. The second-order valence-corrected chi connectivity index (χ2v) is 8.63. The zero-order valence-corrected chi connectivity index (χ0v) is 18.3. The van der Waals surface area contributed by atoms with Gasteiger partial charge in [-0.15, -0.1) is 0 Å². The molecule has 2 aromatic carbocycles. The molecule has 30 heavy (non-hydrogen) atoms. The van der Waals surface area contributed by atoms with E-state index in [1.807, 2.05) is 54.7 Å². The highest BCUT2D eigenvalue weighted by atomic mass is 79.9. The normalized spacial score (nSPS) is 20.6. The Hall–Kier alpha value is -2.77. The molecule has 0 atom stereocenters. The van der Waals surface area contributed by atoms with E-state index in [2.05, 4.69) is 32.8 Å². The van der Waals surface area contributed by atoms with Gasteiger partial charge in [0.2, 0.25) is 0 Å². The van der Waals surface area contributed by atoms with Crippen LogP contribution in [0.2, 0.25) is 0 Å². The van der Waals surface area contributed by atoms with Gasteiger partial charge in [0.15, 0.2) is 0 Å². The first-order valence-electron chi connectivity index (χ1n) is 10.1. The molecule has 152 valence electrons. The number of piperazine rings is 1. The van der Waals surface area contributed by atoms with Crippen molar-refractivity contribution >= 4 is 39.1 Å². The van der Waals surface area contributed by atoms with Crippen molar-refractivity contribution in [2.24, 2.45) is 9.98 Å². The van der Waals surface area contributed by atoms with Gasteiger partial charge in [-0.05, 0) is 25.2 Å². The van der Waals surface area contributed by atoms with Crippen LogP contribution in [-0.2, 0) is 4.79 Å². The average molecular weight is 464 g/mol.